The molecule has 2 aliphatic rings. The summed E-state index contributed by atoms with van der Waals surface area (Å²) in [5.74, 6) is -0.347. The number of hydrogen-bond acceptors (Lipinski definition) is 5. The molecule has 0 aromatic heterocycles. The molecule has 0 atom stereocenters. The van der Waals surface area contributed by atoms with Crippen molar-refractivity contribution in [2.24, 2.45) is 4.99 Å². The monoisotopic (exact) mass is 504 g/mol. The molecule has 31 heavy (non-hydrogen) atoms. The summed E-state index contributed by atoms with van der Waals surface area (Å²) in [4.78, 5) is 20.0. The number of aliphatic imine (C=N–C) groups is 1. The molecule has 5 nitrogen and oxygen atoms in total. The first-order valence-electron chi connectivity index (χ1n) is 10.1. The van der Waals surface area contributed by atoms with Crippen molar-refractivity contribution in [3.05, 3.63) is 57.2 Å². The Bertz CT molecular complexity index is 1070. The van der Waals surface area contributed by atoms with Crippen LogP contribution >= 0.6 is 27.7 Å². The van der Waals surface area contributed by atoms with Crippen LogP contribution in [0.1, 0.15) is 37.7 Å². The number of benzene rings is 2. The van der Waals surface area contributed by atoms with Crippen molar-refractivity contribution >= 4 is 50.5 Å². The second kappa shape index (κ2) is 9.44. The predicted molar refractivity (Wildman–Crippen MR) is 125 cm³/mol. The van der Waals surface area contributed by atoms with Crippen molar-refractivity contribution in [2.75, 3.05) is 7.11 Å². The fourth-order valence-electron chi connectivity index (χ4n) is 3.87. The third-order valence-electron chi connectivity index (χ3n) is 5.42. The quantitative estimate of drug-likeness (QED) is 0.500. The van der Waals surface area contributed by atoms with E-state index in [2.05, 4.69) is 20.9 Å². The number of nitrogens with zero attached hydrogens (tertiary/aromatic N) is 2. The smallest absolute Gasteiger partial charge is 0.267 e. The van der Waals surface area contributed by atoms with E-state index in [0.29, 0.717) is 25.9 Å². The van der Waals surface area contributed by atoms with Crippen molar-refractivity contribution in [3.63, 3.8) is 0 Å². The first-order valence-corrected chi connectivity index (χ1v) is 11.7. The third-order valence-corrected chi connectivity index (χ3v) is 6.86. The number of ether oxygens (including phenoxy) is 1. The molecule has 1 aliphatic heterocycles. The zero-order valence-corrected chi connectivity index (χ0v) is 19.4. The molecule has 2 aromatic rings. The van der Waals surface area contributed by atoms with Gasteiger partial charge in [0.2, 0.25) is 0 Å². The highest BCUT2D eigenvalue weighted by Gasteiger charge is 2.39. The van der Waals surface area contributed by atoms with Gasteiger partial charge in [0.1, 0.15) is 11.5 Å². The Morgan fingerprint density at radius 1 is 1.26 bits per heavy atom. The Morgan fingerprint density at radius 3 is 2.71 bits per heavy atom. The molecule has 0 unspecified atom stereocenters. The van der Waals surface area contributed by atoms with Crippen molar-refractivity contribution < 1.29 is 19.0 Å². The number of carbonyl (C=O) groups is 1. The van der Waals surface area contributed by atoms with Crippen LogP contribution in [0.2, 0.25) is 0 Å². The number of carbonyl (C=O) groups excluding carboxylic acids is 1. The average Bonchev–Trinajstić information content (AvgIpc) is 3.07. The lowest BCUT2D eigenvalue weighted by molar-refractivity contribution is -0.124. The highest BCUT2D eigenvalue weighted by atomic mass is 79.9. The molecule has 0 bridgehead atoms. The van der Waals surface area contributed by atoms with E-state index in [1.54, 1.807) is 41.3 Å². The lowest BCUT2D eigenvalue weighted by Crippen LogP contribution is -2.40. The van der Waals surface area contributed by atoms with Crippen LogP contribution in [0.4, 0.5) is 10.1 Å². The average molecular weight is 505 g/mol. The van der Waals surface area contributed by atoms with E-state index >= 15 is 0 Å². The Hall–Kier alpha value is -2.32. The van der Waals surface area contributed by atoms with Gasteiger partial charge < -0.3 is 9.84 Å². The van der Waals surface area contributed by atoms with Gasteiger partial charge in [-0.25, -0.2) is 9.38 Å². The Kier molecular flexibility index (Phi) is 6.67. The fraction of sp³-hybridized carbons (Fsp3) is 0.304. The maximum atomic E-state index is 14.2. The van der Waals surface area contributed by atoms with Crippen LogP contribution in [0, 0.1) is 5.82 Å². The van der Waals surface area contributed by atoms with Crippen LogP contribution in [0.5, 0.6) is 11.5 Å². The minimum Gasteiger partial charge on any atom is -0.504 e. The van der Waals surface area contributed by atoms with Crippen molar-refractivity contribution in [3.8, 4) is 11.5 Å². The Morgan fingerprint density at radius 2 is 2.00 bits per heavy atom. The van der Waals surface area contributed by atoms with Gasteiger partial charge >= 0.3 is 0 Å². The molecule has 2 fully saturated rings. The van der Waals surface area contributed by atoms with E-state index in [-0.39, 0.29) is 23.4 Å². The van der Waals surface area contributed by atoms with E-state index in [1.807, 2.05) is 0 Å². The van der Waals surface area contributed by atoms with Crippen molar-refractivity contribution in [1.82, 2.24) is 4.90 Å². The molecular formula is C23H22BrFN2O3S. The van der Waals surface area contributed by atoms with Gasteiger partial charge in [-0.3, -0.25) is 9.69 Å². The number of amides is 1. The Balaban J connectivity index is 1.76. The number of hydrogen-bond donors (Lipinski definition) is 1. The number of thioether (sulfide) groups is 1. The summed E-state index contributed by atoms with van der Waals surface area (Å²) >= 11 is 4.60. The number of methoxy groups -OCH3 is 1. The fourth-order valence-corrected chi connectivity index (χ4v) is 5.37. The summed E-state index contributed by atoms with van der Waals surface area (Å²) in [5, 5.41) is 11.0. The molecule has 1 amide bonds. The molecule has 1 saturated carbocycles. The van der Waals surface area contributed by atoms with Gasteiger partial charge in [0.15, 0.2) is 16.7 Å². The van der Waals surface area contributed by atoms with E-state index in [0.717, 1.165) is 32.1 Å². The predicted octanol–water partition coefficient (Wildman–Crippen LogP) is 6.24. The van der Waals surface area contributed by atoms with Crippen LogP contribution < -0.4 is 4.74 Å². The summed E-state index contributed by atoms with van der Waals surface area (Å²) in [6, 6.07) is 9.69. The molecule has 0 spiro atoms. The van der Waals surface area contributed by atoms with Gasteiger partial charge in [0.25, 0.3) is 5.91 Å². The summed E-state index contributed by atoms with van der Waals surface area (Å²) in [6.07, 6.45) is 6.68. The Labute approximate surface area is 193 Å². The molecule has 1 aliphatic carbocycles. The number of phenolic OH excluding ortho intramolecular Hbond substituents is 1. The van der Waals surface area contributed by atoms with Crippen LogP contribution in [0.25, 0.3) is 6.08 Å². The van der Waals surface area contributed by atoms with E-state index in [9.17, 15) is 14.3 Å². The highest BCUT2D eigenvalue weighted by molar-refractivity contribution is 9.10. The number of amidine groups is 1. The minimum atomic E-state index is -0.432. The molecule has 8 heteroatoms. The summed E-state index contributed by atoms with van der Waals surface area (Å²) in [5.41, 5.74) is 0.657. The highest BCUT2D eigenvalue weighted by Crippen LogP contribution is 2.41. The second-order valence-electron chi connectivity index (χ2n) is 7.47. The number of rotatable bonds is 4. The molecule has 4 rings (SSSR count). The van der Waals surface area contributed by atoms with Crippen LogP contribution in [0.15, 0.2) is 50.8 Å². The largest absolute Gasteiger partial charge is 0.504 e. The summed E-state index contributed by atoms with van der Waals surface area (Å²) in [6.45, 7) is 0. The SMILES string of the molecule is COc1cc(Br)cc(/C=C2\SC(=Nc3ccccc3F)N(C3CCCCC3)C2=O)c1O. The maximum absolute atomic E-state index is 14.2. The zero-order valence-electron chi connectivity index (χ0n) is 17.0. The maximum Gasteiger partial charge on any atom is 0.267 e. The van der Waals surface area contributed by atoms with Crippen LogP contribution in [-0.2, 0) is 4.79 Å². The van der Waals surface area contributed by atoms with Gasteiger partial charge in [-0.15, -0.1) is 0 Å². The first kappa shape index (κ1) is 21.9. The number of aromatic hydroxyl groups is 1. The number of halogens is 2. The molecule has 1 heterocycles. The zero-order chi connectivity index (χ0) is 22.0. The number of para-hydroxylation sites is 1. The van der Waals surface area contributed by atoms with Gasteiger partial charge in [-0.05, 0) is 54.9 Å². The van der Waals surface area contributed by atoms with Gasteiger partial charge in [0, 0.05) is 16.1 Å². The molecule has 1 N–H and O–H groups in total. The van der Waals surface area contributed by atoms with Gasteiger partial charge in [-0.2, -0.15) is 0 Å². The molecular weight excluding hydrogens is 483 g/mol. The summed E-state index contributed by atoms with van der Waals surface area (Å²) in [7, 11) is 1.47. The van der Waals surface area contributed by atoms with E-state index in [1.165, 1.54) is 24.9 Å². The lowest BCUT2D eigenvalue weighted by atomic mass is 9.94. The summed E-state index contributed by atoms with van der Waals surface area (Å²) < 4.78 is 20.2. The topological polar surface area (TPSA) is 62.1 Å². The molecule has 1 saturated heterocycles. The first-order chi connectivity index (χ1) is 15.0. The standard InChI is InChI=1S/C23H22BrFN2O3S/c1-30-19-13-15(24)11-14(21(19)28)12-20-22(29)27(16-7-3-2-4-8-16)23(31-20)26-18-10-6-5-9-17(18)25/h5-6,9-13,16,28H,2-4,7-8H2,1H3/b20-12-,26-23?. The van der Waals surface area contributed by atoms with Crippen molar-refractivity contribution in [1.29, 1.82) is 0 Å². The van der Waals surface area contributed by atoms with Crippen LogP contribution in [0.3, 0.4) is 0 Å². The minimum absolute atomic E-state index is 0.0378. The molecule has 0 radical (unpaired) electrons. The lowest BCUT2D eigenvalue weighted by Gasteiger charge is -2.30. The van der Waals surface area contributed by atoms with Gasteiger partial charge in [-0.1, -0.05) is 47.3 Å². The van der Waals surface area contributed by atoms with Crippen LogP contribution in [-0.4, -0.2) is 34.2 Å². The molecule has 2 aromatic carbocycles. The third kappa shape index (κ3) is 4.65. The van der Waals surface area contributed by atoms with Crippen molar-refractivity contribution in [2.45, 2.75) is 38.1 Å². The molecule has 162 valence electrons. The van der Waals surface area contributed by atoms with Gasteiger partial charge in [0.05, 0.1) is 12.0 Å². The second-order valence-corrected chi connectivity index (χ2v) is 9.39. The van der Waals surface area contributed by atoms with E-state index < -0.39 is 5.82 Å². The number of phenols is 1. The van der Waals surface area contributed by atoms with E-state index in [4.69, 9.17) is 4.74 Å². The normalized spacial score (nSPS) is 20.1.